The van der Waals surface area contributed by atoms with Gasteiger partial charge in [0.15, 0.2) is 105 Å². The highest BCUT2D eigenvalue weighted by Crippen LogP contribution is 2.46. The number of rotatable bonds is 40. The SMILES string of the molecule is CC(=O)OC[C@H]1O[C@@H](O[C@H]2[C@H](OC(C)=O)[C@@H](OC(C)=O)[C@H](O[C@H]3[C@H](OC(C)=O)[C@@H](OC(C)=O)[C@H](O[C@H]4[C@H](OC(C)=O)[C@@H](OC(C)=O)[C@H](O[C@H]5[C@H](OC(C)=O)[C@@H](OC(C)=O)[C@H](O[C@H]6[C@H](OC(C)=O)[C@@H](OC(C)=O)[C@H](Oc7ccc(C(C)ON8C(C)(C)CCCC8(C)C)cc7)O[C@@H]6COC(C)=O)O[C@@H]5COC(C)=O)O[C@@H]4COC(C)=O)O[C@@H]3COC(C)=O)O[C@@H]2COC(C)=O)[C@H](OC(C)=O)[C@@H](OC(C)=O)[C@@H]1OC(C)=O. The van der Waals surface area contributed by atoms with Crippen molar-refractivity contribution in [2.24, 2.45) is 0 Å². The lowest BCUT2D eigenvalue weighted by Crippen LogP contribution is -2.70. The van der Waals surface area contributed by atoms with E-state index in [1.54, 1.807) is 24.3 Å². The van der Waals surface area contributed by atoms with E-state index in [0.29, 0.717) is 5.56 Å². The maximum absolute atomic E-state index is 14.0. The van der Waals surface area contributed by atoms with E-state index < -0.39 is 343 Å². The molecule has 7 aliphatic heterocycles. The summed E-state index contributed by atoms with van der Waals surface area (Å²) in [6, 6.07) is 6.50. The number of hydrogen-bond acceptors (Lipinski definition) is 52. The Bertz CT molecular complexity index is 4650. The minimum Gasteiger partial charge on any atom is -0.463 e. The van der Waals surface area contributed by atoms with Crippen molar-refractivity contribution in [2.45, 2.75) is 387 Å². The van der Waals surface area contributed by atoms with Crippen LogP contribution in [0.25, 0.3) is 0 Å². The van der Waals surface area contributed by atoms with Crippen LogP contribution in [-0.2, 0) is 238 Å². The highest BCUT2D eigenvalue weighted by molar-refractivity contribution is 5.73. The van der Waals surface area contributed by atoms with Crippen molar-refractivity contribution in [3.63, 3.8) is 0 Å². The molecule has 1 aromatic rings. The molecule has 0 bridgehead atoms. The molecule has 31 atom stereocenters. The van der Waals surface area contributed by atoms with Crippen molar-refractivity contribution in [1.82, 2.24) is 5.06 Å². The van der Waals surface area contributed by atoms with Gasteiger partial charge in [0.2, 0.25) is 12.4 Å². The third-order valence-corrected chi connectivity index (χ3v) is 22.2. The maximum Gasteiger partial charge on any atom is 0.303 e. The number of benzene rings is 1. The quantitative estimate of drug-likeness (QED) is 0.0668. The first kappa shape index (κ1) is 117. The minimum absolute atomic E-state index is 0.0724. The Morgan fingerprint density at radius 1 is 0.252 bits per heavy atom. The van der Waals surface area contributed by atoms with Gasteiger partial charge in [0, 0.05) is 143 Å². The van der Waals surface area contributed by atoms with Crippen LogP contribution < -0.4 is 4.74 Å². The Balaban J connectivity index is 1.23. The first-order chi connectivity index (χ1) is 66.9. The Morgan fingerprint density at radius 2 is 0.427 bits per heavy atom. The van der Waals surface area contributed by atoms with Crippen LogP contribution in [0.1, 0.15) is 197 Å². The summed E-state index contributed by atoms with van der Waals surface area (Å²) in [6.45, 7) is 21.4. The van der Waals surface area contributed by atoms with Crippen LogP contribution in [0.2, 0.25) is 0 Å². The summed E-state index contributed by atoms with van der Waals surface area (Å²) in [5.74, 6) is -21.4. The van der Waals surface area contributed by atoms with Crippen LogP contribution in [-0.4, -0.2) is 353 Å². The van der Waals surface area contributed by atoms with Crippen LogP contribution in [0.5, 0.6) is 5.75 Å². The fraction of sp³-hybridized carbons (Fsp3) is 0.725. The van der Waals surface area contributed by atoms with Crippen LogP contribution in [0.15, 0.2) is 24.3 Å². The second-order valence-electron chi connectivity index (χ2n) is 35.2. The van der Waals surface area contributed by atoms with E-state index in [-0.39, 0.29) is 16.8 Å². The molecular weight excluding hydrogens is 1920 g/mol. The van der Waals surface area contributed by atoms with Crippen molar-refractivity contribution >= 4 is 113 Å². The third-order valence-electron chi connectivity index (χ3n) is 22.2. The van der Waals surface area contributed by atoms with E-state index in [2.05, 4.69) is 27.7 Å². The fourth-order valence-corrected chi connectivity index (χ4v) is 17.1. The molecule has 7 saturated heterocycles. The number of nitrogens with zero attached hydrogens (tertiary/aromatic N) is 1. The summed E-state index contributed by atoms with van der Waals surface area (Å²) in [6.07, 6.45) is -61.5. The zero-order valence-electron chi connectivity index (χ0n) is 83.3. The monoisotopic (exact) mass is 2050 g/mol. The Labute approximate surface area is 820 Å². The highest BCUT2D eigenvalue weighted by atomic mass is 16.8. The average Bonchev–Trinajstić information content (AvgIpc) is 0.758. The van der Waals surface area contributed by atoms with Crippen molar-refractivity contribution in [2.75, 3.05) is 39.6 Å². The summed E-state index contributed by atoms with van der Waals surface area (Å²) in [4.78, 5) is 261. The molecular formula is C91H125NO51. The lowest BCUT2D eigenvalue weighted by molar-refractivity contribution is -0.396. The summed E-state index contributed by atoms with van der Waals surface area (Å²) in [7, 11) is 0. The predicted molar refractivity (Wildman–Crippen MR) is 459 cm³/mol. The molecule has 52 nitrogen and oxygen atoms in total. The van der Waals surface area contributed by atoms with Gasteiger partial charge in [0.1, 0.15) is 119 Å². The Hall–Kier alpha value is -11.6. The summed E-state index contributed by atoms with van der Waals surface area (Å²) in [5, 5.41) is 2.00. The summed E-state index contributed by atoms with van der Waals surface area (Å²) in [5.41, 5.74) is 0.0371. The topological polar surface area (TPSA) is 623 Å². The summed E-state index contributed by atoms with van der Waals surface area (Å²) >= 11 is 0. The number of hydroxylamine groups is 2. The number of hydrogen-bond donors (Lipinski definition) is 0. The van der Waals surface area contributed by atoms with Crippen molar-refractivity contribution in [1.29, 1.82) is 0 Å². The molecule has 52 heteroatoms. The molecule has 0 radical (unpaired) electrons. The molecule has 800 valence electrons. The molecule has 143 heavy (non-hydrogen) atoms. The largest absolute Gasteiger partial charge is 0.463 e. The van der Waals surface area contributed by atoms with Crippen molar-refractivity contribution in [3.8, 4) is 5.75 Å². The molecule has 0 aliphatic carbocycles. The first-order valence-corrected chi connectivity index (χ1v) is 45.4. The number of carbonyl (C=O) groups is 19. The molecule has 1 aromatic carbocycles. The molecule has 0 N–H and O–H groups in total. The third kappa shape index (κ3) is 33.8. The van der Waals surface area contributed by atoms with Crippen LogP contribution in [0.3, 0.4) is 0 Å². The molecule has 7 fully saturated rings. The zero-order valence-corrected chi connectivity index (χ0v) is 83.3. The number of ether oxygens (including phenoxy) is 31. The van der Waals surface area contributed by atoms with Gasteiger partial charge in [0.05, 0.1) is 0 Å². The predicted octanol–water partition coefficient (Wildman–Crippen LogP) is 1.87. The molecule has 7 heterocycles. The van der Waals surface area contributed by atoms with Gasteiger partial charge in [-0.05, 0) is 71.6 Å². The minimum atomic E-state index is -2.44. The second-order valence-corrected chi connectivity index (χ2v) is 35.2. The zero-order chi connectivity index (χ0) is 106. The van der Waals surface area contributed by atoms with Gasteiger partial charge in [-0.25, -0.2) is 0 Å². The maximum atomic E-state index is 14.0. The van der Waals surface area contributed by atoms with E-state index >= 15 is 0 Å². The molecule has 0 amide bonds. The molecule has 7 aliphatic rings. The smallest absolute Gasteiger partial charge is 0.303 e. The number of esters is 19. The average molecular weight is 2050 g/mol. The van der Waals surface area contributed by atoms with Gasteiger partial charge < -0.3 is 147 Å². The highest BCUT2D eigenvalue weighted by Gasteiger charge is 2.65. The number of carbonyl (C=O) groups excluding carboxylic acids is 19. The van der Waals surface area contributed by atoms with E-state index in [1.807, 2.05) is 12.0 Å². The van der Waals surface area contributed by atoms with Crippen molar-refractivity contribution in [3.05, 3.63) is 29.8 Å². The lowest BCUT2D eigenvalue weighted by atomic mass is 9.82. The van der Waals surface area contributed by atoms with E-state index in [1.165, 1.54) is 0 Å². The second kappa shape index (κ2) is 52.3. The van der Waals surface area contributed by atoms with Gasteiger partial charge >= 0.3 is 113 Å². The van der Waals surface area contributed by atoms with Crippen LogP contribution in [0, 0.1) is 0 Å². The molecule has 0 spiro atoms. The Kier molecular flexibility index (Phi) is 42.7. The molecule has 1 unspecified atom stereocenters. The fourth-order valence-electron chi connectivity index (χ4n) is 17.1. The van der Waals surface area contributed by atoms with Gasteiger partial charge in [-0.15, -0.1) is 0 Å². The Morgan fingerprint density at radius 3 is 0.629 bits per heavy atom. The molecule has 0 saturated carbocycles. The lowest BCUT2D eigenvalue weighted by Gasteiger charge is -2.52. The standard InChI is InChI=1S/C91H125NO51/c1-38(143-92-90(21,22)30-25-31-91(92,23)24)58-26-28-59(29-27-58)131-84-78(125-52(15)106)73(120-47(10)101)67(61(132-84)33-113-40(3)94)138-86-80(127-54(17)108)75(122-49(12)103)69(63(134-86)35-115-42(5)96)140-88-82(129-56(19)110)77(124-51(14)105)71(65(136-88)37-117-44(7)98)142-89-83(130-57(20)111)76(123-50(13)104)70(64(137-89)36-116-43(6)97)141-87-81(128-55(18)109)74(121-48(11)102)68(62(135-87)34-114-41(4)95)139-85-79(126-53(16)107)72(119-46(9)100)66(118-45(8)99)60(133-85)32-112-39(2)93/h26-29,38,60-89H,25,30-37H2,1-24H3/t38?,60-,61-,62-,63-,64-,65-,66-,67-,68-,69-,70-,71-,72+,73+,74+,75+,76+,77+,78-,79-,80-,81-,82-,83-,84-,85+,86+,87+,88+,89+/m1/s1. The van der Waals surface area contributed by atoms with E-state index in [9.17, 15) is 91.1 Å². The van der Waals surface area contributed by atoms with Gasteiger partial charge in [-0.1, -0.05) is 12.1 Å². The van der Waals surface area contributed by atoms with E-state index in [4.69, 9.17) is 152 Å². The van der Waals surface area contributed by atoms with Gasteiger partial charge in [0.25, 0.3) is 0 Å². The number of piperidine rings is 1. The van der Waals surface area contributed by atoms with Crippen LogP contribution in [0.4, 0.5) is 0 Å². The summed E-state index contributed by atoms with van der Waals surface area (Å²) < 4.78 is 188. The van der Waals surface area contributed by atoms with E-state index in [0.717, 1.165) is 151 Å². The van der Waals surface area contributed by atoms with Gasteiger partial charge in [-0.2, -0.15) is 5.06 Å². The van der Waals surface area contributed by atoms with Gasteiger partial charge in [-0.3, -0.25) is 95.9 Å². The first-order valence-electron chi connectivity index (χ1n) is 45.4. The normalized spacial score (nSPS) is 32.0. The van der Waals surface area contributed by atoms with Crippen molar-refractivity contribution < 1.29 is 243 Å². The molecule has 8 rings (SSSR count). The van der Waals surface area contributed by atoms with Crippen LogP contribution >= 0.6 is 0 Å². The molecule has 0 aromatic heterocycles.